The molecule has 0 radical (unpaired) electrons. The molecule has 0 spiro atoms. The van der Waals surface area contributed by atoms with Gasteiger partial charge in [-0.15, -0.1) is 0 Å². The first-order valence-electron chi connectivity index (χ1n) is 6.86. The number of aromatic nitrogens is 1. The molecule has 1 amide bonds. The van der Waals surface area contributed by atoms with E-state index < -0.39 is 0 Å². The van der Waals surface area contributed by atoms with Gasteiger partial charge in [0.25, 0.3) is 5.91 Å². The number of carbonyl (C=O) groups is 1. The maximum Gasteiger partial charge on any atom is 0.272 e. The Balaban J connectivity index is 2.22. The Morgan fingerprint density at radius 2 is 1.95 bits per heavy atom. The minimum Gasteiger partial charge on any atom is -0.507 e. The lowest BCUT2D eigenvalue weighted by Crippen LogP contribution is -2.31. The van der Waals surface area contributed by atoms with Crippen LogP contribution in [0.1, 0.15) is 24.3 Å². The molecule has 0 atom stereocenters. The second-order valence-electron chi connectivity index (χ2n) is 4.42. The fourth-order valence-electron chi connectivity index (χ4n) is 1.93. The third-order valence-corrected chi connectivity index (χ3v) is 4.15. The number of pyridine rings is 1. The summed E-state index contributed by atoms with van der Waals surface area (Å²) in [6.07, 6.45) is 1.62. The van der Waals surface area contributed by atoms with Crippen LogP contribution in [0.2, 0.25) is 0 Å². The largest absolute Gasteiger partial charge is 0.507 e. The van der Waals surface area contributed by atoms with Gasteiger partial charge in [0.15, 0.2) is 0 Å². The van der Waals surface area contributed by atoms with Gasteiger partial charge in [0.2, 0.25) is 0 Å². The standard InChI is InChI=1S/C16H18N2O2S/c1-3-18(4-2)16(20)13-11-12(9-10-17-13)21-15-8-6-5-7-14(15)19/h5-11,19H,3-4H2,1-2H3. The maximum atomic E-state index is 12.3. The van der Waals surface area contributed by atoms with Gasteiger partial charge in [0.05, 0.1) is 4.90 Å². The zero-order valence-electron chi connectivity index (χ0n) is 12.1. The molecule has 2 aromatic rings. The molecule has 2 rings (SSSR count). The van der Waals surface area contributed by atoms with Gasteiger partial charge < -0.3 is 10.0 Å². The summed E-state index contributed by atoms with van der Waals surface area (Å²) >= 11 is 1.41. The van der Waals surface area contributed by atoms with Crippen molar-refractivity contribution in [1.29, 1.82) is 0 Å². The molecular weight excluding hydrogens is 284 g/mol. The number of benzene rings is 1. The van der Waals surface area contributed by atoms with Crippen LogP contribution < -0.4 is 0 Å². The van der Waals surface area contributed by atoms with Gasteiger partial charge in [-0.3, -0.25) is 9.78 Å². The van der Waals surface area contributed by atoms with Crippen LogP contribution in [-0.4, -0.2) is 34.0 Å². The summed E-state index contributed by atoms with van der Waals surface area (Å²) in [5.74, 6) is 0.163. The number of aromatic hydroxyl groups is 1. The summed E-state index contributed by atoms with van der Waals surface area (Å²) in [4.78, 5) is 19.8. The van der Waals surface area contributed by atoms with Gasteiger partial charge in [0, 0.05) is 24.2 Å². The Morgan fingerprint density at radius 1 is 1.24 bits per heavy atom. The predicted octanol–water partition coefficient (Wildman–Crippen LogP) is 3.42. The van der Waals surface area contributed by atoms with Crippen LogP contribution in [0.4, 0.5) is 0 Å². The number of phenolic OH excluding ortho intramolecular Hbond substituents is 1. The van der Waals surface area contributed by atoms with Gasteiger partial charge in [-0.25, -0.2) is 0 Å². The van der Waals surface area contributed by atoms with Crippen molar-refractivity contribution in [3.63, 3.8) is 0 Å². The average molecular weight is 302 g/mol. The monoisotopic (exact) mass is 302 g/mol. The van der Waals surface area contributed by atoms with Crippen molar-refractivity contribution in [2.75, 3.05) is 13.1 Å². The van der Waals surface area contributed by atoms with E-state index in [1.807, 2.05) is 32.0 Å². The number of hydrogen-bond acceptors (Lipinski definition) is 4. The maximum absolute atomic E-state index is 12.3. The number of nitrogens with zero attached hydrogens (tertiary/aromatic N) is 2. The molecule has 1 N–H and O–H groups in total. The molecule has 4 nitrogen and oxygen atoms in total. The Labute approximate surface area is 128 Å². The number of rotatable bonds is 5. The third kappa shape index (κ3) is 3.76. The van der Waals surface area contributed by atoms with Crippen molar-refractivity contribution in [2.24, 2.45) is 0 Å². The molecule has 0 aliphatic heterocycles. The molecule has 0 aliphatic rings. The first kappa shape index (κ1) is 15.4. The lowest BCUT2D eigenvalue weighted by molar-refractivity contribution is 0.0767. The Kier molecular flexibility index (Phi) is 5.22. The van der Waals surface area contributed by atoms with E-state index in [0.29, 0.717) is 18.8 Å². The van der Waals surface area contributed by atoms with Crippen LogP contribution in [0.5, 0.6) is 5.75 Å². The molecule has 0 aliphatic carbocycles. The Bertz CT molecular complexity index is 627. The third-order valence-electron chi connectivity index (χ3n) is 3.09. The van der Waals surface area contributed by atoms with Gasteiger partial charge in [0.1, 0.15) is 11.4 Å². The molecule has 1 heterocycles. The lowest BCUT2D eigenvalue weighted by atomic mass is 10.3. The number of carbonyl (C=O) groups excluding carboxylic acids is 1. The van der Waals surface area contributed by atoms with Crippen molar-refractivity contribution in [2.45, 2.75) is 23.6 Å². The summed E-state index contributed by atoms with van der Waals surface area (Å²) < 4.78 is 0. The first-order valence-corrected chi connectivity index (χ1v) is 7.68. The van der Waals surface area contributed by atoms with Crippen LogP contribution >= 0.6 is 11.8 Å². The second-order valence-corrected chi connectivity index (χ2v) is 5.54. The highest BCUT2D eigenvalue weighted by molar-refractivity contribution is 7.99. The highest BCUT2D eigenvalue weighted by atomic mass is 32.2. The normalized spacial score (nSPS) is 10.4. The molecule has 0 saturated carbocycles. The molecule has 5 heteroatoms. The summed E-state index contributed by atoms with van der Waals surface area (Å²) in [6.45, 7) is 5.21. The zero-order chi connectivity index (χ0) is 15.2. The number of hydrogen-bond donors (Lipinski definition) is 1. The van der Waals surface area contributed by atoms with Crippen molar-refractivity contribution < 1.29 is 9.90 Å². The number of para-hydroxylation sites is 1. The van der Waals surface area contributed by atoms with Crippen LogP contribution in [0, 0.1) is 0 Å². The molecule has 0 fully saturated rings. The van der Waals surface area contributed by atoms with Crippen molar-refractivity contribution in [3.8, 4) is 5.75 Å². The quantitative estimate of drug-likeness (QED) is 0.919. The van der Waals surface area contributed by atoms with E-state index in [-0.39, 0.29) is 11.7 Å². The Hall–Kier alpha value is -2.01. The van der Waals surface area contributed by atoms with Crippen molar-refractivity contribution >= 4 is 17.7 Å². The number of phenols is 1. The van der Waals surface area contributed by atoms with E-state index in [4.69, 9.17) is 0 Å². The molecule has 21 heavy (non-hydrogen) atoms. The minimum absolute atomic E-state index is 0.0697. The van der Waals surface area contributed by atoms with Crippen LogP contribution in [0.15, 0.2) is 52.4 Å². The van der Waals surface area contributed by atoms with Gasteiger partial charge in [-0.2, -0.15) is 0 Å². The van der Waals surface area contributed by atoms with E-state index in [0.717, 1.165) is 9.79 Å². The summed E-state index contributed by atoms with van der Waals surface area (Å²) in [6, 6.07) is 10.7. The van der Waals surface area contributed by atoms with E-state index >= 15 is 0 Å². The molecule has 1 aromatic heterocycles. The van der Waals surface area contributed by atoms with Crippen molar-refractivity contribution in [1.82, 2.24) is 9.88 Å². The molecule has 0 saturated heterocycles. The lowest BCUT2D eigenvalue weighted by Gasteiger charge is -2.18. The summed E-state index contributed by atoms with van der Waals surface area (Å²) in [5, 5.41) is 9.80. The van der Waals surface area contributed by atoms with Crippen LogP contribution in [0.3, 0.4) is 0 Å². The van der Waals surface area contributed by atoms with E-state index in [9.17, 15) is 9.90 Å². The smallest absolute Gasteiger partial charge is 0.272 e. The van der Waals surface area contributed by atoms with Gasteiger partial charge >= 0.3 is 0 Å². The zero-order valence-corrected chi connectivity index (χ0v) is 12.9. The van der Waals surface area contributed by atoms with E-state index in [1.165, 1.54) is 11.8 Å². The minimum atomic E-state index is -0.0697. The second kappa shape index (κ2) is 7.13. The molecule has 110 valence electrons. The highest BCUT2D eigenvalue weighted by Crippen LogP contribution is 2.33. The average Bonchev–Trinajstić information content (AvgIpc) is 2.51. The van der Waals surface area contributed by atoms with Crippen molar-refractivity contribution in [3.05, 3.63) is 48.3 Å². The molecular formula is C16H18N2O2S. The van der Waals surface area contributed by atoms with Crippen LogP contribution in [0.25, 0.3) is 0 Å². The molecule has 1 aromatic carbocycles. The van der Waals surface area contributed by atoms with Crippen LogP contribution in [-0.2, 0) is 0 Å². The van der Waals surface area contributed by atoms with Gasteiger partial charge in [-0.05, 0) is 38.1 Å². The SMILES string of the molecule is CCN(CC)C(=O)c1cc(Sc2ccccc2O)ccn1. The summed E-state index contributed by atoms with van der Waals surface area (Å²) in [5.41, 5.74) is 0.430. The highest BCUT2D eigenvalue weighted by Gasteiger charge is 2.14. The Morgan fingerprint density at radius 3 is 2.62 bits per heavy atom. The van der Waals surface area contributed by atoms with Gasteiger partial charge in [-0.1, -0.05) is 23.9 Å². The molecule has 0 unspecified atom stereocenters. The van der Waals surface area contributed by atoms with E-state index in [2.05, 4.69) is 4.98 Å². The number of amides is 1. The predicted molar refractivity (Wildman–Crippen MR) is 83.7 cm³/mol. The first-order chi connectivity index (χ1) is 10.2. The topological polar surface area (TPSA) is 53.4 Å². The fraction of sp³-hybridized carbons (Fsp3) is 0.250. The molecule has 0 bridgehead atoms. The fourth-order valence-corrected chi connectivity index (χ4v) is 2.81. The van der Waals surface area contributed by atoms with E-state index in [1.54, 1.807) is 29.3 Å². The summed E-state index contributed by atoms with van der Waals surface area (Å²) in [7, 11) is 0.